The van der Waals surface area contributed by atoms with Crippen LogP contribution >= 0.6 is 0 Å². The molecule has 0 aliphatic heterocycles. The van der Waals surface area contributed by atoms with Crippen LogP contribution < -0.4 is 0 Å². The van der Waals surface area contributed by atoms with Gasteiger partial charge in [0.15, 0.2) is 0 Å². The van der Waals surface area contributed by atoms with Crippen molar-refractivity contribution in [2.75, 3.05) is 0 Å². The Hall–Kier alpha value is -2.23. The zero-order chi connectivity index (χ0) is 12.5. The predicted octanol–water partition coefficient (Wildman–Crippen LogP) is 3.14. The van der Waals surface area contributed by atoms with Crippen LogP contribution in [0.25, 0.3) is 22.2 Å². The molecule has 18 heavy (non-hydrogen) atoms. The first kappa shape index (κ1) is 10.9. The average molecular weight is 238 g/mol. The van der Waals surface area contributed by atoms with Crippen LogP contribution in [0, 0.1) is 0 Å². The van der Waals surface area contributed by atoms with Crippen molar-refractivity contribution >= 4 is 11.0 Å². The SMILES string of the molecule is CC(C)c1ncncc1-c1cccc2[nH]cnc12. The fourth-order valence-electron chi connectivity index (χ4n) is 2.19. The Morgan fingerprint density at radius 2 is 2.00 bits per heavy atom. The summed E-state index contributed by atoms with van der Waals surface area (Å²) in [7, 11) is 0. The lowest BCUT2D eigenvalue weighted by Crippen LogP contribution is -1.97. The minimum Gasteiger partial charge on any atom is -0.345 e. The molecular formula is C14H14N4. The highest BCUT2D eigenvalue weighted by Crippen LogP contribution is 2.30. The van der Waals surface area contributed by atoms with E-state index in [0.717, 1.165) is 27.9 Å². The molecule has 3 aromatic rings. The van der Waals surface area contributed by atoms with E-state index in [0.29, 0.717) is 5.92 Å². The van der Waals surface area contributed by atoms with Crippen molar-refractivity contribution in [2.24, 2.45) is 0 Å². The van der Waals surface area contributed by atoms with Gasteiger partial charge in [-0.3, -0.25) is 0 Å². The predicted molar refractivity (Wildman–Crippen MR) is 71.2 cm³/mol. The van der Waals surface area contributed by atoms with Crippen LogP contribution in [0.2, 0.25) is 0 Å². The van der Waals surface area contributed by atoms with E-state index in [1.165, 1.54) is 0 Å². The smallest absolute Gasteiger partial charge is 0.115 e. The number of H-pyrrole nitrogens is 1. The van der Waals surface area contributed by atoms with Crippen LogP contribution in [0.3, 0.4) is 0 Å². The van der Waals surface area contributed by atoms with Crippen molar-refractivity contribution in [3.63, 3.8) is 0 Å². The largest absolute Gasteiger partial charge is 0.345 e. The van der Waals surface area contributed by atoms with E-state index < -0.39 is 0 Å². The first-order valence-corrected chi connectivity index (χ1v) is 5.99. The summed E-state index contributed by atoms with van der Waals surface area (Å²) in [6, 6.07) is 6.10. The van der Waals surface area contributed by atoms with Gasteiger partial charge in [-0.05, 0) is 12.0 Å². The maximum atomic E-state index is 4.40. The quantitative estimate of drug-likeness (QED) is 0.746. The summed E-state index contributed by atoms with van der Waals surface area (Å²) in [4.78, 5) is 16.1. The number of hydrogen-bond acceptors (Lipinski definition) is 3. The standard InChI is InChI=1S/C14H14N4/c1-9(2)13-11(6-15-7-17-13)10-4-3-5-12-14(10)18-8-16-12/h3-9H,1-2H3,(H,16,18). The summed E-state index contributed by atoms with van der Waals surface area (Å²) < 4.78 is 0. The van der Waals surface area contributed by atoms with Gasteiger partial charge >= 0.3 is 0 Å². The minimum absolute atomic E-state index is 0.359. The zero-order valence-corrected chi connectivity index (χ0v) is 10.4. The second-order valence-corrected chi connectivity index (χ2v) is 4.58. The molecule has 0 saturated heterocycles. The number of nitrogens with one attached hydrogen (secondary N) is 1. The summed E-state index contributed by atoms with van der Waals surface area (Å²) in [6.07, 6.45) is 5.18. The normalized spacial score (nSPS) is 11.3. The molecule has 0 bridgehead atoms. The van der Waals surface area contributed by atoms with Gasteiger partial charge in [0.2, 0.25) is 0 Å². The minimum atomic E-state index is 0.359. The second-order valence-electron chi connectivity index (χ2n) is 4.58. The van der Waals surface area contributed by atoms with Crippen molar-refractivity contribution in [3.05, 3.63) is 42.7 Å². The van der Waals surface area contributed by atoms with Gasteiger partial charge in [-0.1, -0.05) is 26.0 Å². The molecule has 0 spiro atoms. The molecule has 0 unspecified atom stereocenters. The van der Waals surface area contributed by atoms with Gasteiger partial charge in [0.1, 0.15) is 6.33 Å². The number of aromatic amines is 1. The van der Waals surface area contributed by atoms with Gasteiger partial charge in [0.25, 0.3) is 0 Å². The van der Waals surface area contributed by atoms with E-state index in [4.69, 9.17) is 0 Å². The van der Waals surface area contributed by atoms with Crippen molar-refractivity contribution in [1.82, 2.24) is 19.9 Å². The zero-order valence-electron chi connectivity index (χ0n) is 10.4. The molecule has 2 heterocycles. The van der Waals surface area contributed by atoms with E-state index in [9.17, 15) is 0 Å². The lowest BCUT2D eigenvalue weighted by molar-refractivity contribution is 0.817. The highest BCUT2D eigenvalue weighted by atomic mass is 14.9. The van der Waals surface area contributed by atoms with E-state index in [1.807, 2.05) is 18.3 Å². The van der Waals surface area contributed by atoms with Crippen LogP contribution in [0.15, 0.2) is 37.1 Å². The van der Waals surface area contributed by atoms with Crippen molar-refractivity contribution in [3.8, 4) is 11.1 Å². The van der Waals surface area contributed by atoms with Crippen LogP contribution in [-0.2, 0) is 0 Å². The van der Waals surface area contributed by atoms with Crippen molar-refractivity contribution in [1.29, 1.82) is 0 Å². The molecule has 0 radical (unpaired) electrons. The molecule has 0 saturated carbocycles. The van der Waals surface area contributed by atoms with Crippen molar-refractivity contribution in [2.45, 2.75) is 19.8 Å². The Morgan fingerprint density at radius 1 is 1.11 bits per heavy atom. The molecular weight excluding hydrogens is 224 g/mol. The first-order chi connectivity index (χ1) is 8.77. The molecule has 0 atom stereocenters. The highest BCUT2D eigenvalue weighted by molar-refractivity contribution is 5.92. The molecule has 2 aromatic heterocycles. The molecule has 4 heteroatoms. The third kappa shape index (κ3) is 1.66. The summed E-state index contributed by atoms with van der Waals surface area (Å²) in [5.41, 5.74) is 5.20. The Kier molecular flexibility index (Phi) is 2.55. The van der Waals surface area contributed by atoms with Gasteiger partial charge in [0.05, 0.1) is 23.1 Å². The highest BCUT2D eigenvalue weighted by Gasteiger charge is 2.13. The Bertz CT molecular complexity index is 685. The van der Waals surface area contributed by atoms with E-state index >= 15 is 0 Å². The Balaban J connectivity index is 2.29. The van der Waals surface area contributed by atoms with Gasteiger partial charge in [-0.15, -0.1) is 0 Å². The van der Waals surface area contributed by atoms with Crippen LogP contribution in [-0.4, -0.2) is 19.9 Å². The molecule has 1 aromatic carbocycles. The number of hydrogen-bond donors (Lipinski definition) is 1. The summed E-state index contributed by atoms with van der Waals surface area (Å²) in [5.74, 6) is 0.359. The van der Waals surface area contributed by atoms with Gasteiger partial charge in [-0.25, -0.2) is 15.0 Å². The van der Waals surface area contributed by atoms with Gasteiger partial charge in [0, 0.05) is 17.3 Å². The number of nitrogens with zero attached hydrogens (tertiary/aromatic N) is 3. The Labute approximate surface area is 105 Å². The topological polar surface area (TPSA) is 54.5 Å². The van der Waals surface area contributed by atoms with Crippen LogP contribution in [0.1, 0.15) is 25.5 Å². The fraction of sp³-hybridized carbons (Fsp3) is 0.214. The summed E-state index contributed by atoms with van der Waals surface area (Å²) >= 11 is 0. The number of fused-ring (bicyclic) bond motifs is 1. The van der Waals surface area contributed by atoms with Gasteiger partial charge in [-0.2, -0.15) is 0 Å². The fourth-order valence-corrected chi connectivity index (χ4v) is 2.19. The molecule has 4 nitrogen and oxygen atoms in total. The average Bonchev–Trinajstić information content (AvgIpc) is 2.86. The second kappa shape index (κ2) is 4.22. The lowest BCUT2D eigenvalue weighted by atomic mass is 9.98. The Morgan fingerprint density at radius 3 is 2.83 bits per heavy atom. The maximum absolute atomic E-state index is 4.40. The third-order valence-corrected chi connectivity index (χ3v) is 3.03. The van der Waals surface area contributed by atoms with Crippen LogP contribution in [0.5, 0.6) is 0 Å². The van der Waals surface area contributed by atoms with E-state index in [1.54, 1.807) is 12.7 Å². The van der Waals surface area contributed by atoms with Crippen LogP contribution in [0.4, 0.5) is 0 Å². The number of para-hydroxylation sites is 1. The number of aromatic nitrogens is 4. The summed E-state index contributed by atoms with van der Waals surface area (Å²) in [5, 5.41) is 0. The van der Waals surface area contributed by atoms with E-state index in [2.05, 4.69) is 39.8 Å². The maximum Gasteiger partial charge on any atom is 0.115 e. The molecule has 0 fully saturated rings. The molecule has 0 aliphatic carbocycles. The monoisotopic (exact) mass is 238 g/mol. The van der Waals surface area contributed by atoms with Gasteiger partial charge < -0.3 is 4.98 Å². The molecule has 90 valence electrons. The lowest BCUT2D eigenvalue weighted by Gasteiger charge is -2.11. The molecule has 1 N–H and O–H groups in total. The third-order valence-electron chi connectivity index (χ3n) is 3.03. The first-order valence-electron chi connectivity index (χ1n) is 5.99. The molecule has 3 rings (SSSR count). The van der Waals surface area contributed by atoms with Crippen molar-refractivity contribution < 1.29 is 0 Å². The summed E-state index contributed by atoms with van der Waals surface area (Å²) in [6.45, 7) is 4.27. The van der Waals surface area contributed by atoms with E-state index in [-0.39, 0.29) is 0 Å². The molecule has 0 aliphatic rings. The number of imidazole rings is 1. The number of rotatable bonds is 2. The molecule has 0 amide bonds. The number of benzene rings is 1.